The maximum absolute atomic E-state index is 13.8. The van der Waals surface area contributed by atoms with Crippen LogP contribution in [0, 0.1) is 0 Å². The maximum atomic E-state index is 13.8. The van der Waals surface area contributed by atoms with Crippen LogP contribution in [0.4, 0.5) is 16.6 Å². The third-order valence-corrected chi connectivity index (χ3v) is 12.9. The molecule has 1 atom stereocenters. The molecular formula is C29H34Cl2N6O2Si. The van der Waals surface area contributed by atoms with Gasteiger partial charge in [0.15, 0.2) is 8.32 Å². The minimum Gasteiger partial charge on any atom is -0.414 e. The molecule has 0 fully saturated rings. The van der Waals surface area contributed by atoms with Gasteiger partial charge < -0.3 is 19.2 Å². The number of benzene rings is 1. The van der Waals surface area contributed by atoms with Gasteiger partial charge in [-0.3, -0.25) is 4.57 Å². The summed E-state index contributed by atoms with van der Waals surface area (Å²) in [5, 5.41) is 4.29. The number of rotatable bonds is 8. The predicted molar refractivity (Wildman–Crippen MR) is 163 cm³/mol. The molecule has 1 aliphatic heterocycles. The normalized spacial score (nSPS) is 14.5. The number of nitrogens with zero attached hydrogens (tertiary/aromatic N) is 5. The number of fused-ring (bicyclic) bond motifs is 1. The molecule has 1 amide bonds. The van der Waals surface area contributed by atoms with E-state index in [0.29, 0.717) is 34.8 Å². The summed E-state index contributed by atoms with van der Waals surface area (Å²) < 4.78 is 10.2. The van der Waals surface area contributed by atoms with Gasteiger partial charge in [-0.1, -0.05) is 56.1 Å². The van der Waals surface area contributed by atoms with Gasteiger partial charge in [0.2, 0.25) is 5.95 Å². The first-order valence-corrected chi connectivity index (χ1v) is 16.8. The summed E-state index contributed by atoms with van der Waals surface area (Å²) in [5.41, 5.74) is 3.11. The van der Waals surface area contributed by atoms with Crippen molar-refractivity contribution in [3.8, 4) is 11.3 Å². The molecule has 4 aromatic rings. The Labute approximate surface area is 246 Å². The summed E-state index contributed by atoms with van der Waals surface area (Å²) >= 11 is 12.9. The number of hydrogen-bond donors (Lipinski definition) is 1. The lowest BCUT2D eigenvalue weighted by atomic mass is 10.1. The molecule has 4 heterocycles. The summed E-state index contributed by atoms with van der Waals surface area (Å²) in [6, 6.07) is 13.1. The van der Waals surface area contributed by atoms with Crippen molar-refractivity contribution in [1.29, 1.82) is 0 Å². The Balaban J connectivity index is 1.42. The van der Waals surface area contributed by atoms with E-state index in [9.17, 15) is 4.79 Å². The first-order chi connectivity index (χ1) is 18.8. The summed E-state index contributed by atoms with van der Waals surface area (Å²) in [5.74, 6) is 1.27. The first-order valence-electron chi connectivity index (χ1n) is 13.2. The van der Waals surface area contributed by atoms with E-state index in [1.54, 1.807) is 17.0 Å². The molecule has 0 saturated carbocycles. The van der Waals surface area contributed by atoms with E-state index in [1.807, 2.05) is 65.2 Å². The van der Waals surface area contributed by atoms with E-state index in [4.69, 9.17) is 27.6 Å². The third-order valence-electron chi connectivity index (χ3n) is 7.90. The lowest BCUT2D eigenvalue weighted by Gasteiger charge is -2.38. The van der Waals surface area contributed by atoms with Crippen LogP contribution in [0.2, 0.25) is 28.2 Å². The number of aromatic nitrogens is 4. The van der Waals surface area contributed by atoms with Gasteiger partial charge in [0.25, 0.3) is 0 Å². The Kier molecular flexibility index (Phi) is 7.60. The van der Waals surface area contributed by atoms with Crippen LogP contribution in [-0.2, 0) is 18.0 Å². The van der Waals surface area contributed by atoms with Gasteiger partial charge in [-0.05, 0) is 54.0 Å². The van der Waals surface area contributed by atoms with E-state index in [2.05, 4.69) is 49.1 Å². The molecule has 1 aliphatic rings. The summed E-state index contributed by atoms with van der Waals surface area (Å²) in [4.78, 5) is 24.6. The van der Waals surface area contributed by atoms with Crippen LogP contribution in [-0.4, -0.2) is 45.0 Å². The fourth-order valence-electron chi connectivity index (χ4n) is 4.48. The minimum absolute atomic E-state index is 0.0474. The van der Waals surface area contributed by atoms with Crippen molar-refractivity contribution in [2.75, 3.05) is 11.9 Å². The molecule has 5 rings (SSSR count). The average Bonchev–Trinajstić information content (AvgIpc) is 3.56. The molecule has 40 heavy (non-hydrogen) atoms. The van der Waals surface area contributed by atoms with Crippen molar-refractivity contribution >= 4 is 49.3 Å². The molecule has 3 aromatic heterocycles. The molecule has 210 valence electrons. The zero-order chi connectivity index (χ0) is 28.8. The van der Waals surface area contributed by atoms with Crippen LogP contribution < -0.4 is 5.32 Å². The first kappa shape index (κ1) is 28.4. The Morgan fingerprint density at radius 2 is 1.93 bits per heavy atom. The van der Waals surface area contributed by atoms with E-state index in [-0.39, 0.29) is 17.1 Å². The van der Waals surface area contributed by atoms with Gasteiger partial charge in [-0.25, -0.2) is 14.8 Å². The second-order valence-electron chi connectivity index (χ2n) is 11.7. The van der Waals surface area contributed by atoms with Crippen molar-refractivity contribution < 1.29 is 9.22 Å². The number of hydrogen-bond acceptors (Lipinski definition) is 5. The van der Waals surface area contributed by atoms with Crippen LogP contribution in [0.1, 0.15) is 38.1 Å². The monoisotopic (exact) mass is 596 g/mol. The molecule has 1 aromatic carbocycles. The molecule has 1 N–H and O–H groups in total. The van der Waals surface area contributed by atoms with Crippen molar-refractivity contribution in [2.24, 2.45) is 7.05 Å². The smallest absolute Gasteiger partial charge is 0.329 e. The van der Waals surface area contributed by atoms with Crippen LogP contribution in [0.3, 0.4) is 0 Å². The second kappa shape index (κ2) is 10.7. The van der Waals surface area contributed by atoms with Crippen molar-refractivity contribution in [3.63, 3.8) is 0 Å². The topological polar surface area (TPSA) is 77.2 Å². The van der Waals surface area contributed by atoms with E-state index >= 15 is 0 Å². The number of aryl methyl sites for hydroxylation is 1. The summed E-state index contributed by atoms with van der Waals surface area (Å²) in [6.07, 6.45) is 5.30. The average molecular weight is 598 g/mol. The quantitative estimate of drug-likeness (QED) is 0.209. The highest BCUT2D eigenvalue weighted by Gasteiger charge is 2.40. The molecule has 11 heteroatoms. The number of amides is 1. The molecule has 0 saturated heterocycles. The maximum Gasteiger partial charge on any atom is 0.329 e. The Morgan fingerprint density at radius 3 is 2.58 bits per heavy atom. The van der Waals surface area contributed by atoms with Gasteiger partial charge in [0.05, 0.1) is 36.1 Å². The predicted octanol–water partition coefficient (Wildman–Crippen LogP) is 7.88. The second-order valence-corrected chi connectivity index (χ2v) is 17.3. The van der Waals surface area contributed by atoms with Crippen molar-refractivity contribution in [2.45, 2.75) is 51.5 Å². The standard InChI is InChI=1S/C29H34Cl2N6O2Si/c1-29(2,3)40(5,6)39-18-24(19-9-7-10-21(30)13-19)37-17-22-14-20(16-36(22)28(37)38)26-23(31)15-32-27(34-26)33-25-11-8-12-35(25)4/h7-16,24H,17-18H2,1-6H3,(H,32,33,34)/t24-/m1/s1. The highest BCUT2D eigenvalue weighted by molar-refractivity contribution is 6.74. The molecule has 0 spiro atoms. The summed E-state index contributed by atoms with van der Waals surface area (Å²) in [6.45, 7) is 11.9. The minimum atomic E-state index is -2.06. The third kappa shape index (κ3) is 5.56. The molecule has 0 bridgehead atoms. The number of halogens is 2. The van der Waals surface area contributed by atoms with Gasteiger partial charge in [0.1, 0.15) is 5.82 Å². The Bertz CT molecular complexity index is 1560. The number of anilines is 2. The highest BCUT2D eigenvalue weighted by Crippen LogP contribution is 2.39. The van der Waals surface area contributed by atoms with Crippen molar-refractivity contribution in [3.05, 3.63) is 82.4 Å². The fourth-order valence-corrected chi connectivity index (χ4v) is 5.89. The lowest BCUT2D eigenvalue weighted by Crippen LogP contribution is -2.44. The van der Waals surface area contributed by atoms with Gasteiger partial charge in [0, 0.05) is 35.7 Å². The van der Waals surface area contributed by atoms with E-state index in [0.717, 1.165) is 22.6 Å². The zero-order valence-corrected chi connectivity index (χ0v) is 26.1. The van der Waals surface area contributed by atoms with Crippen LogP contribution in [0.5, 0.6) is 0 Å². The fraction of sp³-hybridized carbons (Fsp3) is 0.345. The molecule has 0 aliphatic carbocycles. The van der Waals surface area contributed by atoms with Gasteiger partial charge in [-0.2, -0.15) is 0 Å². The van der Waals surface area contributed by atoms with E-state index in [1.165, 1.54) is 0 Å². The SMILES string of the molecule is Cn1cccc1Nc1ncc(Cl)c(-c2cc3n(c2)C(=O)N([C@H](CO[Si](C)(C)C(C)(C)C)c2cccc(Cl)c2)C3)n1. The number of carbonyl (C=O) groups excluding carboxylic acids is 1. The van der Waals surface area contributed by atoms with Gasteiger partial charge in [-0.15, -0.1) is 0 Å². The van der Waals surface area contributed by atoms with Crippen LogP contribution in [0.25, 0.3) is 11.3 Å². The van der Waals surface area contributed by atoms with Crippen LogP contribution >= 0.6 is 23.2 Å². The van der Waals surface area contributed by atoms with Crippen molar-refractivity contribution in [1.82, 2.24) is 24.0 Å². The molecular weight excluding hydrogens is 563 g/mol. The van der Waals surface area contributed by atoms with E-state index < -0.39 is 8.32 Å². The zero-order valence-electron chi connectivity index (χ0n) is 23.6. The highest BCUT2D eigenvalue weighted by atomic mass is 35.5. The molecule has 8 nitrogen and oxygen atoms in total. The van der Waals surface area contributed by atoms with Crippen LogP contribution in [0.15, 0.2) is 61.1 Å². The Hall–Kier alpha value is -3.11. The number of nitrogens with one attached hydrogen (secondary N) is 1. The lowest BCUT2D eigenvalue weighted by molar-refractivity contribution is 0.144. The number of carbonyl (C=O) groups is 1. The summed E-state index contributed by atoms with van der Waals surface area (Å²) in [7, 11) is -0.124. The molecule has 0 unspecified atom stereocenters. The molecule has 0 radical (unpaired) electrons. The van der Waals surface area contributed by atoms with Gasteiger partial charge >= 0.3 is 6.03 Å². The Morgan fingerprint density at radius 1 is 1.15 bits per heavy atom. The largest absolute Gasteiger partial charge is 0.414 e.